The Labute approximate surface area is 118 Å². The van der Waals surface area contributed by atoms with E-state index in [2.05, 4.69) is 15.0 Å². The smallest absolute Gasteiger partial charge is 0.170 e. The molecule has 2 aromatic rings. The largest absolute Gasteiger partial charge is 0.409 e. The summed E-state index contributed by atoms with van der Waals surface area (Å²) in [7, 11) is 1.98. The van der Waals surface area contributed by atoms with E-state index in [9.17, 15) is 0 Å². The highest BCUT2D eigenvalue weighted by atomic mass is 16.4. The Morgan fingerprint density at radius 3 is 2.85 bits per heavy atom. The normalized spacial score (nSPS) is 11.4. The Morgan fingerprint density at radius 1 is 1.35 bits per heavy atom. The van der Waals surface area contributed by atoms with Crippen molar-refractivity contribution in [3.05, 3.63) is 59.3 Å². The molecule has 3 N–H and O–H groups in total. The van der Waals surface area contributed by atoms with Gasteiger partial charge in [0.2, 0.25) is 0 Å². The summed E-state index contributed by atoms with van der Waals surface area (Å²) in [6.45, 7) is 2.74. The van der Waals surface area contributed by atoms with Gasteiger partial charge in [0.1, 0.15) is 5.82 Å². The van der Waals surface area contributed by atoms with Gasteiger partial charge in [-0.15, -0.1) is 0 Å². The quantitative estimate of drug-likeness (QED) is 0.386. The summed E-state index contributed by atoms with van der Waals surface area (Å²) >= 11 is 0. The van der Waals surface area contributed by atoms with E-state index in [-0.39, 0.29) is 5.84 Å². The van der Waals surface area contributed by atoms with E-state index in [1.54, 1.807) is 6.20 Å². The first-order valence-corrected chi connectivity index (χ1v) is 6.31. The molecule has 104 valence electrons. The molecule has 20 heavy (non-hydrogen) atoms. The summed E-state index contributed by atoms with van der Waals surface area (Å²) in [6.07, 6.45) is 1.80. The molecular formula is C15H18N4O. The first-order chi connectivity index (χ1) is 9.60. The number of rotatable bonds is 4. The molecule has 0 spiro atoms. The second kappa shape index (κ2) is 6.06. The van der Waals surface area contributed by atoms with Crippen molar-refractivity contribution >= 4 is 11.7 Å². The summed E-state index contributed by atoms with van der Waals surface area (Å²) in [4.78, 5) is 6.40. The highest BCUT2D eigenvalue weighted by Crippen LogP contribution is 2.14. The van der Waals surface area contributed by atoms with Gasteiger partial charge in [-0.1, -0.05) is 23.4 Å². The molecule has 0 saturated carbocycles. The van der Waals surface area contributed by atoms with Crippen molar-refractivity contribution in [3.63, 3.8) is 0 Å². The lowest BCUT2D eigenvalue weighted by Crippen LogP contribution is -2.19. The van der Waals surface area contributed by atoms with E-state index in [1.165, 1.54) is 5.56 Å². The number of amidine groups is 1. The summed E-state index contributed by atoms with van der Waals surface area (Å²) in [6, 6.07) is 11.6. The molecule has 5 nitrogen and oxygen atoms in total. The van der Waals surface area contributed by atoms with Crippen LogP contribution in [0.25, 0.3) is 0 Å². The number of aromatic nitrogens is 1. The van der Waals surface area contributed by atoms with E-state index >= 15 is 0 Å². The molecule has 1 aromatic heterocycles. The molecule has 1 heterocycles. The number of aryl methyl sites for hydroxylation is 1. The third-order valence-corrected chi connectivity index (χ3v) is 3.04. The van der Waals surface area contributed by atoms with Gasteiger partial charge in [0.25, 0.3) is 0 Å². The van der Waals surface area contributed by atoms with Gasteiger partial charge in [0.05, 0.1) is 0 Å². The van der Waals surface area contributed by atoms with Gasteiger partial charge in [0.15, 0.2) is 5.84 Å². The average molecular weight is 270 g/mol. The van der Waals surface area contributed by atoms with Crippen molar-refractivity contribution in [2.45, 2.75) is 13.5 Å². The summed E-state index contributed by atoms with van der Waals surface area (Å²) in [5.74, 6) is 1.03. The molecular weight excluding hydrogens is 252 g/mol. The molecule has 0 unspecified atom stereocenters. The third-order valence-electron chi connectivity index (χ3n) is 3.04. The molecule has 2 rings (SSSR count). The van der Waals surface area contributed by atoms with Gasteiger partial charge in [-0.3, -0.25) is 0 Å². The number of nitrogens with two attached hydrogens (primary N) is 1. The van der Waals surface area contributed by atoms with Crippen molar-refractivity contribution in [2.75, 3.05) is 11.9 Å². The van der Waals surface area contributed by atoms with Gasteiger partial charge < -0.3 is 15.8 Å². The predicted octanol–water partition coefficient (Wildman–Crippen LogP) is 2.12. The lowest BCUT2D eigenvalue weighted by Gasteiger charge is -2.18. The van der Waals surface area contributed by atoms with E-state index in [1.807, 2.05) is 50.4 Å². The van der Waals surface area contributed by atoms with Crippen molar-refractivity contribution < 1.29 is 5.21 Å². The molecule has 0 amide bonds. The minimum atomic E-state index is 0.114. The second-order valence-corrected chi connectivity index (χ2v) is 4.73. The Kier molecular flexibility index (Phi) is 4.20. The SMILES string of the molecule is Cc1ccnc(N(C)Cc2cccc(C(N)=NO)c2)c1. The molecule has 0 aliphatic carbocycles. The van der Waals surface area contributed by atoms with E-state index in [0.717, 1.165) is 11.4 Å². The monoisotopic (exact) mass is 270 g/mol. The van der Waals surface area contributed by atoms with Crippen LogP contribution < -0.4 is 10.6 Å². The van der Waals surface area contributed by atoms with Crippen molar-refractivity contribution in [2.24, 2.45) is 10.9 Å². The summed E-state index contributed by atoms with van der Waals surface area (Å²) < 4.78 is 0. The van der Waals surface area contributed by atoms with E-state index in [4.69, 9.17) is 10.9 Å². The minimum absolute atomic E-state index is 0.114. The fraction of sp³-hybridized carbons (Fsp3) is 0.200. The molecule has 0 radical (unpaired) electrons. The fourth-order valence-electron chi connectivity index (χ4n) is 1.97. The number of benzene rings is 1. The van der Waals surface area contributed by atoms with Crippen molar-refractivity contribution in [1.82, 2.24) is 4.98 Å². The minimum Gasteiger partial charge on any atom is -0.409 e. The van der Waals surface area contributed by atoms with Crippen LogP contribution in [0.1, 0.15) is 16.7 Å². The second-order valence-electron chi connectivity index (χ2n) is 4.73. The molecule has 0 aliphatic heterocycles. The maximum absolute atomic E-state index is 8.71. The van der Waals surface area contributed by atoms with Crippen molar-refractivity contribution in [1.29, 1.82) is 0 Å². The van der Waals surface area contributed by atoms with Crippen LogP contribution in [0, 0.1) is 6.92 Å². The molecule has 0 fully saturated rings. The number of hydrogen-bond donors (Lipinski definition) is 2. The zero-order chi connectivity index (χ0) is 14.5. The zero-order valence-corrected chi connectivity index (χ0v) is 11.6. The van der Waals surface area contributed by atoms with Gasteiger partial charge in [-0.25, -0.2) is 4.98 Å². The Hall–Kier alpha value is -2.56. The zero-order valence-electron chi connectivity index (χ0n) is 11.6. The highest BCUT2D eigenvalue weighted by molar-refractivity contribution is 5.97. The topological polar surface area (TPSA) is 74.7 Å². The average Bonchev–Trinajstić information content (AvgIpc) is 2.46. The molecule has 0 atom stereocenters. The highest BCUT2D eigenvalue weighted by Gasteiger charge is 2.06. The van der Waals surface area contributed by atoms with Crippen LogP contribution in [-0.2, 0) is 6.54 Å². The number of nitrogens with zero attached hydrogens (tertiary/aromatic N) is 3. The predicted molar refractivity (Wildman–Crippen MR) is 80.0 cm³/mol. The lowest BCUT2D eigenvalue weighted by atomic mass is 10.1. The number of pyridine rings is 1. The van der Waals surface area contributed by atoms with Crippen LogP contribution in [0.5, 0.6) is 0 Å². The number of anilines is 1. The van der Waals surface area contributed by atoms with Gasteiger partial charge in [0, 0.05) is 25.4 Å². The van der Waals surface area contributed by atoms with Gasteiger partial charge in [-0.2, -0.15) is 0 Å². The Morgan fingerprint density at radius 2 is 2.15 bits per heavy atom. The van der Waals surface area contributed by atoms with E-state index < -0.39 is 0 Å². The first kappa shape index (κ1) is 13.9. The molecule has 0 bridgehead atoms. The Balaban J connectivity index is 2.17. The fourth-order valence-corrected chi connectivity index (χ4v) is 1.97. The first-order valence-electron chi connectivity index (χ1n) is 6.31. The molecule has 5 heteroatoms. The maximum Gasteiger partial charge on any atom is 0.170 e. The van der Waals surface area contributed by atoms with Crippen LogP contribution in [0.4, 0.5) is 5.82 Å². The van der Waals surface area contributed by atoms with Crippen LogP contribution >= 0.6 is 0 Å². The standard InChI is InChI=1S/C15H18N4O/c1-11-6-7-17-14(8-11)19(2)10-12-4-3-5-13(9-12)15(16)18-20/h3-9,20H,10H2,1-2H3,(H2,16,18). The van der Waals surface area contributed by atoms with Gasteiger partial charge in [-0.05, 0) is 36.2 Å². The van der Waals surface area contributed by atoms with Gasteiger partial charge >= 0.3 is 0 Å². The van der Waals surface area contributed by atoms with Crippen LogP contribution in [0.2, 0.25) is 0 Å². The lowest BCUT2D eigenvalue weighted by molar-refractivity contribution is 0.318. The third kappa shape index (κ3) is 3.26. The van der Waals surface area contributed by atoms with Crippen molar-refractivity contribution in [3.8, 4) is 0 Å². The summed E-state index contributed by atoms with van der Waals surface area (Å²) in [5.41, 5.74) is 8.55. The van der Waals surface area contributed by atoms with Crippen LogP contribution in [0.3, 0.4) is 0 Å². The number of hydrogen-bond acceptors (Lipinski definition) is 4. The summed E-state index contributed by atoms with van der Waals surface area (Å²) in [5, 5.41) is 11.7. The maximum atomic E-state index is 8.71. The molecule has 1 aromatic carbocycles. The Bertz CT molecular complexity index is 625. The number of oxime groups is 1. The molecule has 0 aliphatic rings. The molecule has 0 saturated heterocycles. The van der Waals surface area contributed by atoms with Crippen LogP contribution in [-0.4, -0.2) is 23.1 Å². The van der Waals surface area contributed by atoms with Crippen LogP contribution in [0.15, 0.2) is 47.8 Å². The van der Waals surface area contributed by atoms with E-state index in [0.29, 0.717) is 12.1 Å².